The number of alkyl halides is 11. The molecule has 0 spiro atoms. The van der Waals surface area contributed by atoms with E-state index in [0.29, 0.717) is 12.4 Å². The smallest absolute Gasteiger partial charge is 0.460 e. The average Bonchev–Trinajstić information content (AvgIpc) is 2.46. The van der Waals surface area contributed by atoms with Crippen LogP contribution in [0.25, 0.3) is 0 Å². The van der Waals surface area contributed by atoms with E-state index in [9.17, 15) is 53.4 Å². The fraction of sp³-hybridized carbons (Fsp3) is 0.455. The molecule has 0 unspecified atom stereocenters. The largest absolute Gasteiger partial charge is 0.853 e. The Labute approximate surface area is 131 Å². The molecule has 0 aromatic carbocycles. The number of hydrogen-bond acceptors (Lipinski definition) is 2. The Morgan fingerprint density at radius 2 is 1.12 bits per heavy atom. The summed E-state index contributed by atoms with van der Waals surface area (Å²) in [5, 5.41) is 13.3. The van der Waals surface area contributed by atoms with Gasteiger partial charge in [-0.15, -0.1) is 0 Å². The van der Waals surface area contributed by atoms with Gasteiger partial charge < -0.3 is 5.11 Å². The molecular weight excluding hydrogens is 385 g/mol. The lowest BCUT2D eigenvalue weighted by molar-refractivity contribution is -0.682. The van der Waals surface area contributed by atoms with Crippen molar-refractivity contribution in [2.45, 2.75) is 29.9 Å². The predicted molar refractivity (Wildman–Crippen MR) is 55.3 cm³/mol. The minimum Gasteiger partial charge on any atom is -0.853 e. The molecule has 0 atom stereocenters. The standard InChI is InChI=1S/C11H5F11N2O/c12-7(13,6(25)23-24-4-2-1-3-5-24)8(14,15)9(16,17)10(18,19)11(20,21)22/h1-5H. The molecule has 0 aliphatic carbocycles. The van der Waals surface area contributed by atoms with E-state index in [0.717, 1.165) is 12.1 Å². The van der Waals surface area contributed by atoms with Crippen molar-refractivity contribution in [3.63, 3.8) is 0 Å². The number of aromatic nitrogens is 1. The number of hydrogen-bond donors (Lipinski definition) is 0. The Morgan fingerprint density at radius 3 is 1.52 bits per heavy atom. The van der Waals surface area contributed by atoms with Crippen molar-refractivity contribution in [3.8, 4) is 0 Å². The molecule has 1 aromatic rings. The van der Waals surface area contributed by atoms with E-state index in [-0.39, 0.29) is 4.68 Å². The fourth-order valence-electron chi connectivity index (χ4n) is 1.33. The molecule has 0 saturated heterocycles. The quantitative estimate of drug-likeness (QED) is 0.330. The maximum Gasteiger partial charge on any atom is 0.460 e. The van der Waals surface area contributed by atoms with Gasteiger partial charge in [0.25, 0.3) is 0 Å². The van der Waals surface area contributed by atoms with E-state index in [1.807, 2.05) is 0 Å². The molecule has 142 valence electrons. The van der Waals surface area contributed by atoms with Crippen LogP contribution >= 0.6 is 0 Å². The molecule has 1 heterocycles. The van der Waals surface area contributed by atoms with Crippen molar-refractivity contribution in [3.05, 3.63) is 30.6 Å². The third kappa shape index (κ3) is 3.20. The molecule has 0 amide bonds. The molecule has 1 rings (SSSR count). The summed E-state index contributed by atoms with van der Waals surface area (Å²) in [6, 6.07) is 3.29. The Kier molecular flexibility index (Phi) is 5.00. The summed E-state index contributed by atoms with van der Waals surface area (Å²) in [6.45, 7) is 0. The summed E-state index contributed by atoms with van der Waals surface area (Å²) in [4.78, 5) is 0. The minimum atomic E-state index is -7.64. The van der Waals surface area contributed by atoms with Gasteiger partial charge in [0, 0.05) is 12.1 Å². The molecule has 0 fully saturated rings. The van der Waals surface area contributed by atoms with Gasteiger partial charge in [0.05, 0.1) is 0 Å². The van der Waals surface area contributed by atoms with Gasteiger partial charge in [-0.2, -0.15) is 48.3 Å². The molecular formula is C11H5F11N2O. The van der Waals surface area contributed by atoms with E-state index in [1.54, 1.807) is 0 Å². The number of halogens is 11. The second-order valence-electron chi connectivity index (χ2n) is 4.46. The molecule has 0 bridgehead atoms. The van der Waals surface area contributed by atoms with Crippen molar-refractivity contribution in [2.75, 3.05) is 0 Å². The zero-order valence-electron chi connectivity index (χ0n) is 11.3. The monoisotopic (exact) mass is 390 g/mol. The Hall–Kier alpha value is -2.15. The van der Waals surface area contributed by atoms with E-state index in [2.05, 4.69) is 5.10 Å². The van der Waals surface area contributed by atoms with Crippen molar-refractivity contribution >= 4 is 5.90 Å². The maximum absolute atomic E-state index is 13.3. The summed E-state index contributed by atoms with van der Waals surface area (Å²) in [5.41, 5.74) is 0. The zero-order valence-corrected chi connectivity index (χ0v) is 11.3. The van der Waals surface area contributed by atoms with Crippen LogP contribution in [0, 0.1) is 0 Å². The Bertz CT molecular complexity index is 639. The molecule has 3 nitrogen and oxygen atoms in total. The van der Waals surface area contributed by atoms with Gasteiger partial charge >= 0.3 is 29.9 Å². The summed E-state index contributed by atoms with van der Waals surface area (Å²) >= 11 is 0. The third-order valence-electron chi connectivity index (χ3n) is 2.71. The maximum atomic E-state index is 13.3. The van der Waals surface area contributed by atoms with Crippen LogP contribution < -0.4 is 9.78 Å². The lowest BCUT2D eigenvalue weighted by Crippen LogP contribution is -2.69. The molecule has 25 heavy (non-hydrogen) atoms. The van der Waals surface area contributed by atoms with E-state index >= 15 is 0 Å². The minimum absolute atomic E-state index is 0.131. The van der Waals surface area contributed by atoms with Crippen molar-refractivity contribution in [1.82, 2.24) is 0 Å². The third-order valence-corrected chi connectivity index (χ3v) is 2.71. The summed E-state index contributed by atoms with van der Waals surface area (Å²) < 4.78 is 140. The summed E-state index contributed by atoms with van der Waals surface area (Å²) in [5.74, 6) is -32.6. The summed E-state index contributed by atoms with van der Waals surface area (Å²) in [7, 11) is 0. The van der Waals surface area contributed by atoms with Crippen molar-refractivity contribution in [2.24, 2.45) is 5.10 Å². The number of rotatable bonds is 5. The van der Waals surface area contributed by atoms with E-state index < -0.39 is 35.8 Å². The molecule has 0 aliphatic rings. The topological polar surface area (TPSA) is 39.3 Å². The normalized spacial score (nSPS) is 15.4. The highest BCUT2D eigenvalue weighted by molar-refractivity contribution is 5.80. The number of pyridine rings is 1. The molecule has 0 saturated carbocycles. The first kappa shape index (κ1) is 20.9. The van der Waals surface area contributed by atoms with Crippen LogP contribution in [0.4, 0.5) is 48.3 Å². The van der Waals surface area contributed by atoms with E-state index in [4.69, 9.17) is 0 Å². The molecule has 1 aromatic heterocycles. The highest BCUT2D eigenvalue weighted by Gasteiger charge is 2.87. The van der Waals surface area contributed by atoms with Crippen LogP contribution in [0.1, 0.15) is 0 Å². The van der Waals surface area contributed by atoms with E-state index in [1.165, 1.54) is 6.07 Å². The first-order chi connectivity index (χ1) is 11.0. The molecule has 0 N–H and O–H groups in total. The lowest BCUT2D eigenvalue weighted by Gasteiger charge is -2.38. The van der Waals surface area contributed by atoms with Crippen LogP contribution in [-0.4, -0.2) is 35.8 Å². The van der Waals surface area contributed by atoms with Gasteiger partial charge in [0.2, 0.25) is 12.4 Å². The van der Waals surface area contributed by atoms with Crippen LogP contribution in [0.2, 0.25) is 0 Å². The van der Waals surface area contributed by atoms with Crippen molar-refractivity contribution in [1.29, 1.82) is 0 Å². The average molecular weight is 390 g/mol. The molecule has 0 radical (unpaired) electrons. The second-order valence-corrected chi connectivity index (χ2v) is 4.46. The highest BCUT2D eigenvalue weighted by atomic mass is 19.4. The molecule has 0 aliphatic heterocycles. The van der Waals surface area contributed by atoms with Gasteiger partial charge in [0.1, 0.15) is 5.90 Å². The van der Waals surface area contributed by atoms with Gasteiger partial charge in [0.15, 0.2) is 0 Å². The predicted octanol–water partition coefficient (Wildman–Crippen LogP) is 2.60. The van der Waals surface area contributed by atoms with Crippen LogP contribution in [-0.2, 0) is 0 Å². The van der Waals surface area contributed by atoms with Crippen LogP contribution in [0.3, 0.4) is 0 Å². The van der Waals surface area contributed by atoms with Gasteiger partial charge in [-0.05, 0) is 5.10 Å². The summed E-state index contributed by atoms with van der Waals surface area (Å²) in [6.07, 6.45) is -5.88. The fourth-order valence-corrected chi connectivity index (χ4v) is 1.33. The zero-order chi connectivity index (χ0) is 19.9. The first-order valence-electron chi connectivity index (χ1n) is 5.81. The molecule has 14 heteroatoms. The number of nitrogens with zero attached hydrogens (tertiary/aromatic N) is 2. The van der Waals surface area contributed by atoms with Gasteiger partial charge in [-0.3, -0.25) is 0 Å². The van der Waals surface area contributed by atoms with Gasteiger partial charge in [-0.1, -0.05) is 10.7 Å². The Balaban J connectivity index is 3.41. The van der Waals surface area contributed by atoms with Crippen LogP contribution in [0.15, 0.2) is 35.7 Å². The van der Waals surface area contributed by atoms with Gasteiger partial charge in [-0.25, -0.2) is 0 Å². The Morgan fingerprint density at radius 1 is 0.680 bits per heavy atom. The van der Waals surface area contributed by atoms with Crippen LogP contribution in [0.5, 0.6) is 0 Å². The van der Waals surface area contributed by atoms with Crippen molar-refractivity contribution < 1.29 is 58.1 Å². The first-order valence-corrected chi connectivity index (χ1v) is 5.81. The SMILES string of the molecule is [O-]/C(=N/[n+]1ccccc1)C(F)(F)C(F)(F)C(F)(F)C(F)(F)C(F)(F)F. The highest BCUT2D eigenvalue weighted by Crippen LogP contribution is 2.57. The lowest BCUT2D eigenvalue weighted by atomic mass is 9.98. The second kappa shape index (κ2) is 5.98.